The van der Waals surface area contributed by atoms with Crippen LogP contribution in [0.4, 0.5) is 0 Å². The van der Waals surface area contributed by atoms with Crippen molar-refractivity contribution in [3.05, 3.63) is 0 Å². The smallest absolute Gasteiger partial charge is 0.245 e. The SMILES string of the molecule is N#CCCCCNOCC(N)=O. The first-order chi connectivity index (χ1) is 5.77. The van der Waals surface area contributed by atoms with Crippen LogP contribution in [0, 0.1) is 11.3 Å². The zero-order chi connectivity index (χ0) is 9.23. The van der Waals surface area contributed by atoms with Gasteiger partial charge < -0.3 is 5.73 Å². The number of hydrogen-bond donors (Lipinski definition) is 2. The summed E-state index contributed by atoms with van der Waals surface area (Å²) in [5, 5.41) is 8.18. The van der Waals surface area contributed by atoms with E-state index in [1.165, 1.54) is 0 Å². The van der Waals surface area contributed by atoms with Crippen molar-refractivity contribution in [3.63, 3.8) is 0 Å². The molecule has 1 amide bonds. The van der Waals surface area contributed by atoms with Crippen LogP contribution >= 0.6 is 0 Å². The molecule has 0 spiro atoms. The molecular weight excluding hydrogens is 158 g/mol. The second-order valence-corrected chi connectivity index (χ2v) is 2.26. The number of unbranched alkanes of at least 4 members (excludes halogenated alkanes) is 2. The van der Waals surface area contributed by atoms with Crippen molar-refractivity contribution in [2.24, 2.45) is 5.73 Å². The Morgan fingerprint density at radius 3 is 2.92 bits per heavy atom. The Labute approximate surface area is 71.4 Å². The molecule has 0 saturated heterocycles. The van der Waals surface area contributed by atoms with Crippen molar-refractivity contribution in [1.29, 1.82) is 5.26 Å². The van der Waals surface area contributed by atoms with Crippen LogP contribution in [0.3, 0.4) is 0 Å². The van der Waals surface area contributed by atoms with Crippen LogP contribution in [0.5, 0.6) is 0 Å². The minimum atomic E-state index is -0.500. The van der Waals surface area contributed by atoms with Crippen LogP contribution in [0.15, 0.2) is 0 Å². The van der Waals surface area contributed by atoms with E-state index in [-0.39, 0.29) is 6.61 Å². The lowest BCUT2D eigenvalue weighted by Gasteiger charge is -2.01. The van der Waals surface area contributed by atoms with Gasteiger partial charge in [-0.2, -0.15) is 5.26 Å². The molecule has 0 aliphatic carbocycles. The lowest BCUT2D eigenvalue weighted by molar-refractivity contribution is -0.125. The maximum absolute atomic E-state index is 10.1. The Kier molecular flexibility index (Phi) is 7.24. The highest BCUT2D eigenvalue weighted by Gasteiger charge is 1.92. The molecule has 0 aliphatic heterocycles. The molecule has 0 aromatic heterocycles. The number of primary amides is 1. The second-order valence-electron chi connectivity index (χ2n) is 2.26. The van der Waals surface area contributed by atoms with Crippen LogP contribution in [0.1, 0.15) is 19.3 Å². The van der Waals surface area contributed by atoms with E-state index in [9.17, 15) is 4.79 Å². The number of amides is 1. The molecular formula is C7H13N3O2. The third kappa shape index (κ3) is 8.88. The van der Waals surface area contributed by atoms with Crippen molar-refractivity contribution >= 4 is 5.91 Å². The van der Waals surface area contributed by atoms with E-state index in [1.807, 2.05) is 6.07 Å². The number of nitrogens with two attached hydrogens (primary N) is 1. The van der Waals surface area contributed by atoms with E-state index in [2.05, 4.69) is 10.3 Å². The van der Waals surface area contributed by atoms with Crippen molar-refractivity contribution in [1.82, 2.24) is 5.48 Å². The van der Waals surface area contributed by atoms with Gasteiger partial charge in [-0.1, -0.05) is 0 Å². The fourth-order valence-electron chi connectivity index (χ4n) is 0.596. The standard InChI is InChI=1S/C7H13N3O2/c8-4-2-1-3-5-10-12-6-7(9)11/h10H,1-3,5-6H2,(H2,9,11). The third-order valence-electron chi connectivity index (χ3n) is 1.13. The summed E-state index contributed by atoms with van der Waals surface area (Å²) in [6.45, 7) is 0.521. The summed E-state index contributed by atoms with van der Waals surface area (Å²) in [5.74, 6) is -0.500. The summed E-state index contributed by atoms with van der Waals surface area (Å²) in [7, 11) is 0. The highest BCUT2D eigenvalue weighted by atomic mass is 16.6. The molecule has 12 heavy (non-hydrogen) atoms. The molecule has 0 aliphatic rings. The summed E-state index contributed by atoms with van der Waals surface area (Å²) in [6, 6.07) is 2.03. The van der Waals surface area contributed by atoms with Crippen LogP contribution < -0.4 is 11.2 Å². The van der Waals surface area contributed by atoms with Gasteiger partial charge in [0.15, 0.2) is 0 Å². The predicted molar refractivity (Wildman–Crippen MR) is 42.6 cm³/mol. The Morgan fingerprint density at radius 1 is 1.58 bits per heavy atom. The minimum Gasteiger partial charge on any atom is -0.368 e. The zero-order valence-electron chi connectivity index (χ0n) is 6.88. The first-order valence-electron chi connectivity index (χ1n) is 3.77. The van der Waals surface area contributed by atoms with E-state index in [0.717, 1.165) is 12.8 Å². The summed E-state index contributed by atoms with van der Waals surface area (Å²) < 4.78 is 0. The van der Waals surface area contributed by atoms with Crippen LogP contribution in [-0.4, -0.2) is 19.1 Å². The maximum atomic E-state index is 10.1. The Morgan fingerprint density at radius 2 is 2.33 bits per heavy atom. The molecule has 0 radical (unpaired) electrons. The van der Waals surface area contributed by atoms with E-state index < -0.39 is 5.91 Å². The normalized spacial score (nSPS) is 9.25. The molecule has 0 unspecified atom stereocenters. The molecule has 0 fully saturated rings. The average molecular weight is 171 g/mol. The minimum absolute atomic E-state index is 0.113. The number of carbonyl (C=O) groups is 1. The molecule has 0 saturated carbocycles. The predicted octanol–water partition coefficient (Wildman–Crippen LogP) is -0.313. The summed E-state index contributed by atoms with van der Waals surface area (Å²) in [4.78, 5) is 14.8. The molecule has 0 aromatic carbocycles. The van der Waals surface area contributed by atoms with E-state index >= 15 is 0 Å². The summed E-state index contributed by atoms with van der Waals surface area (Å²) in [6.07, 6.45) is 2.24. The Bertz CT molecular complexity index is 165. The van der Waals surface area contributed by atoms with Gasteiger partial charge in [-0.3, -0.25) is 9.63 Å². The number of rotatable bonds is 7. The highest BCUT2D eigenvalue weighted by molar-refractivity contribution is 5.74. The molecule has 3 N–H and O–H groups in total. The molecule has 0 aromatic rings. The fraction of sp³-hybridized carbons (Fsp3) is 0.714. The van der Waals surface area contributed by atoms with Gasteiger partial charge >= 0.3 is 0 Å². The second kappa shape index (κ2) is 7.98. The summed E-state index contributed by atoms with van der Waals surface area (Å²) in [5.41, 5.74) is 7.37. The molecule has 5 heteroatoms. The first kappa shape index (κ1) is 10.9. The van der Waals surface area contributed by atoms with Crippen molar-refractivity contribution in [2.45, 2.75) is 19.3 Å². The van der Waals surface area contributed by atoms with Gasteiger partial charge in [0.2, 0.25) is 5.91 Å². The molecule has 0 heterocycles. The lowest BCUT2D eigenvalue weighted by Crippen LogP contribution is -2.25. The van der Waals surface area contributed by atoms with Crippen molar-refractivity contribution in [2.75, 3.05) is 13.2 Å². The Balaban J connectivity index is 2.92. The van der Waals surface area contributed by atoms with Gasteiger partial charge in [0.25, 0.3) is 0 Å². The lowest BCUT2D eigenvalue weighted by atomic mass is 10.2. The van der Waals surface area contributed by atoms with Gasteiger partial charge in [0.1, 0.15) is 6.61 Å². The number of hydroxylamine groups is 1. The van der Waals surface area contributed by atoms with E-state index in [1.54, 1.807) is 0 Å². The number of nitriles is 1. The molecule has 0 rings (SSSR count). The topological polar surface area (TPSA) is 88.1 Å². The number of nitrogens with one attached hydrogen (secondary N) is 1. The molecule has 0 bridgehead atoms. The molecule has 0 atom stereocenters. The van der Waals surface area contributed by atoms with Crippen molar-refractivity contribution < 1.29 is 9.63 Å². The van der Waals surface area contributed by atoms with Crippen molar-refractivity contribution in [3.8, 4) is 6.07 Å². The van der Waals surface area contributed by atoms with Gasteiger partial charge in [-0.15, -0.1) is 0 Å². The van der Waals surface area contributed by atoms with Crippen LogP contribution in [0.2, 0.25) is 0 Å². The van der Waals surface area contributed by atoms with E-state index in [0.29, 0.717) is 13.0 Å². The molecule has 5 nitrogen and oxygen atoms in total. The zero-order valence-corrected chi connectivity index (χ0v) is 6.88. The van der Waals surface area contributed by atoms with Gasteiger partial charge in [-0.25, -0.2) is 5.48 Å². The number of nitrogens with zero attached hydrogens (tertiary/aromatic N) is 1. The van der Waals surface area contributed by atoms with Gasteiger partial charge in [0, 0.05) is 13.0 Å². The fourth-order valence-corrected chi connectivity index (χ4v) is 0.596. The maximum Gasteiger partial charge on any atom is 0.245 e. The Hall–Kier alpha value is -1.12. The average Bonchev–Trinajstić information content (AvgIpc) is 2.02. The van der Waals surface area contributed by atoms with Gasteiger partial charge in [-0.05, 0) is 12.8 Å². The van der Waals surface area contributed by atoms with Crippen LogP contribution in [-0.2, 0) is 9.63 Å². The third-order valence-corrected chi connectivity index (χ3v) is 1.13. The first-order valence-corrected chi connectivity index (χ1v) is 3.77. The monoisotopic (exact) mass is 171 g/mol. The van der Waals surface area contributed by atoms with E-state index in [4.69, 9.17) is 11.0 Å². The largest absolute Gasteiger partial charge is 0.368 e. The van der Waals surface area contributed by atoms with Crippen LogP contribution in [0.25, 0.3) is 0 Å². The molecule has 68 valence electrons. The highest BCUT2D eigenvalue weighted by Crippen LogP contribution is 1.90. The summed E-state index contributed by atoms with van der Waals surface area (Å²) >= 11 is 0. The van der Waals surface area contributed by atoms with Gasteiger partial charge in [0.05, 0.1) is 6.07 Å². The number of hydrogen-bond acceptors (Lipinski definition) is 4. The number of carbonyl (C=O) groups excluding carboxylic acids is 1. The quantitative estimate of drug-likeness (QED) is 0.406.